The lowest BCUT2D eigenvalue weighted by Crippen LogP contribution is -2.46. The first-order chi connectivity index (χ1) is 13.0. The van der Waals surface area contributed by atoms with E-state index in [1.54, 1.807) is 17.0 Å². The molecule has 0 saturated carbocycles. The van der Waals surface area contributed by atoms with Crippen LogP contribution < -0.4 is 10.2 Å². The van der Waals surface area contributed by atoms with Crippen LogP contribution in [0.2, 0.25) is 5.02 Å². The number of nitrogens with one attached hydrogen (secondary N) is 1. The van der Waals surface area contributed by atoms with E-state index < -0.39 is 0 Å². The molecule has 0 radical (unpaired) electrons. The maximum absolute atomic E-state index is 12.6. The van der Waals surface area contributed by atoms with Gasteiger partial charge in [0.2, 0.25) is 0 Å². The maximum atomic E-state index is 12.6. The fraction of sp³-hybridized carbons (Fsp3) is 0.333. The Morgan fingerprint density at radius 1 is 1.04 bits per heavy atom. The number of amides is 2. The highest BCUT2D eigenvalue weighted by atomic mass is 35.5. The fourth-order valence-electron chi connectivity index (χ4n) is 3.21. The van der Waals surface area contributed by atoms with Crippen LogP contribution in [0.4, 0.5) is 5.69 Å². The Hall–Kier alpha value is -2.53. The normalized spacial score (nSPS) is 14.7. The van der Waals surface area contributed by atoms with E-state index >= 15 is 0 Å². The lowest BCUT2D eigenvalue weighted by Gasteiger charge is -2.32. The molecular weight excluding hydrogens is 362 g/mol. The summed E-state index contributed by atoms with van der Waals surface area (Å²) in [6, 6.07) is 14.7. The van der Waals surface area contributed by atoms with E-state index in [1.165, 1.54) is 0 Å². The summed E-state index contributed by atoms with van der Waals surface area (Å²) in [4.78, 5) is 28.9. The minimum atomic E-state index is -0.0730. The van der Waals surface area contributed by atoms with Gasteiger partial charge in [0.25, 0.3) is 11.8 Å². The zero-order valence-electron chi connectivity index (χ0n) is 15.6. The van der Waals surface area contributed by atoms with Gasteiger partial charge in [0.15, 0.2) is 0 Å². The first-order valence-corrected chi connectivity index (χ1v) is 9.45. The molecular formula is C21H24ClN3O2. The number of piperidine rings is 1. The Morgan fingerprint density at radius 3 is 2.26 bits per heavy atom. The van der Waals surface area contributed by atoms with Gasteiger partial charge < -0.3 is 15.1 Å². The van der Waals surface area contributed by atoms with Crippen LogP contribution in [0, 0.1) is 0 Å². The van der Waals surface area contributed by atoms with Crippen molar-refractivity contribution in [2.45, 2.75) is 18.9 Å². The van der Waals surface area contributed by atoms with E-state index in [9.17, 15) is 9.59 Å². The van der Waals surface area contributed by atoms with Crippen LogP contribution in [0.1, 0.15) is 33.6 Å². The van der Waals surface area contributed by atoms with Crippen molar-refractivity contribution >= 4 is 29.1 Å². The Kier molecular flexibility index (Phi) is 6.01. The number of likely N-dealkylation sites (tertiary alicyclic amines) is 1. The number of benzene rings is 2. The summed E-state index contributed by atoms with van der Waals surface area (Å²) in [7, 11) is 3.93. The molecule has 1 N–H and O–H groups in total. The van der Waals surface area contributed by atoms with Crippen LogP contribution in [-0.2, 0) is 0 Å². The van der Waals surface area contributed by atoms with Gasteiger partial charge in [0.05, 0.1) is 10.6 Å². The second-order valence-electron chi connectivity index (χ2n) is 6.96. The number of nitrogens with zero attached hydrogens (tertiary/aromatic N) is 2. The van der Waals surface area contributed by atoms with E-state index in [0.29, 0.717) is 29.2 Å². The zero-order valence-corrected chi connectivity index (χ0v) is 16.4. The summed E-state index contributed by atoms with van der Waals surface area (Å²) in [6.07, 6.45) is 1.47. The monoisotopic (exact) mass is 385 g/mol. The second kappa shape index (κ2) is 8.44. The van der Waals surface area contributed by atoms with Crippen LogP contribution in [0.5, 0.6) is 0 Å². The minimum absolute atomic E-state index is 0.0512. The van der Waals surface area contributed by atoms with Crippen LogP contribution >= 0.6 is 11.6 Å². The van der Waals surface area contributed by atoms with Crippen molar-refractivity contribution in [1.82, 2.24) is 10.2 Å². The molecule has 6 heteroatoms. The fourth-order valence-corrected chi connectivity index (χ4v) is 3.43. The summed E-state index contributed by atoms with van der Waals surface area (Å²) in [5.41, 5.74) is 2.23. The van der Waals surface area contributed by atoms with Crippen molar-refractivity contribution in [3.8, 4) is 0 Å². The van der Waals surface area contributed by atoms with Gasteiger partial charge in [0.1, 0.15) is 0 Å². The molecule has 5 nitrogen and oxygen atoms in total. The summed E-state index contributed by atoms with van der Waals surface area (Å²) in [5, 5.41) is 3.55. The number of rotatable bonds is 4. The molecule has 142 valence electrons. The molecule has 0 bridgehead atoms. The summed E-state index contributed by atoms with van der Waals surface area (Å²) < 4.78 is 0. The third kappa shape index (κ3) is 4.61. The highest BCUT2D eigenvalue weighted by Gasteiger charge is 2.25. The summed E-state index contributed by atoms with van der Waals surface area (Å²) in [6.45, 7) is 1.21. The maximum Gasteiger partial charge on any atom is 0.255 e. The van der Waals surface area contributed by atoms with E-state index in [0.717, 1.165) is 18.5 Å². The summed E-state index contributed by atoms with van der Waals surface area (Å²) >= 11 is 6.13. The smallest absolute Gasteiger partial charge is 0.255 e. The van der Waals surface area contributed by atoms with E-state index in [1.807, 2.05) is 55.4 Å². The lowest BCUT2D eigenvalue weighted by atomic mass is 10.0. The highest BCUT2D eigenvalue weighted by Crippen LogP contribution is 2.20. The number of hydrogen-bond acceptors (Lipinski definition) is 3. The molecule has 1 aliphatic rings. The van der Waals surface area contributed by atoms with Gasteiger partial charge in [-0.15, -0.1) is 0 Å². The first kappa shape index (κ1) is 19.2. The van der Waals surface area contributed by atoms with Crippen LogP contribution in [-0.4, -0.2) is 49.9 Å². The second-order valence-corrected chi connectivity index (χ2v) is 7.37. The third-order valence-corrected chi connectivity index (χ3v) is 5.20. The van der Waals surface area contributed by atoms with Gasteiger partial charge in [-0.2, -0.15) is 0 Å². The Balaban J connectivity index is 1.54. The zero-order chi connectivity index (χ0) is 19.4. The van der Waals surface area contributed by atoms with Gasteiger partial charge in [0, 0.05) is 44.5 Å². The Morgan fingerprint density at radius 2 is 1.67 bits per heavy atom. The minimum Gasteiger partial charge on any atom is -0.378 e. The van der Waals surface area contributed by atoms with Gasteiger partial charge >= 0.3 is 0 Å². The predicted molar refractivity (Wildman–Crippen MR) is 109 cm³/mol. The van der Waals surface area contributed by atoms with E-state index in [2.05, 4.69) is 5.32 Å². The SMILES string of the molecule is CN(C)c1ccc(C(=O)NC2CCN(C(=O)c3ccccc3Cl)CC2)cc1. The van der Waals surface area contributed by atoms with Gasteiger partial charge in [-0.3, -0.25) is 9.59 Å². The lowest BCUT2D eigenvalue weighted by molar-refractivity contribution is 0.0698. The molecule has 0 aliphatic carbocycles. The van der Waals surface area contributed by atoms with E-state index in [-0.39, 0.29) is 17.9 Å². The molecule has 27 heavy (non-hydrogen) atoms. The predicted octanol–water partition coefficient (Wildman–Crippen LogP) is 3.44. The van der Waals surface area contributed by atoms with Crippen molar-refractivity contribution in [3.05, 3.63) is 64.7 Å². The van der Waals surface area contributed by atoms with Crippen molar-refractivity contribution in [1.29, 1.82) is 0 Å². The molecule has 2 amide bonds. The average Bonchev–Trinajstić information content (AvgIpc) is 2.68. The average molecular weight is 386 g/mol. The molecule has 2 aromatic rings. The molecule has 0 aromatic heterocycles. The number of halogens is 1. The molecule has 3 rings (SSSR count). The number of carbonyl (C=O) groups excluding carboxylic acids is 2. The molecule has 2 aromatic carbocycles. The van der Waals surface area contributed by atoms with Crippen molar-refractivity contribution < 1.29 is 9.59 Å². The first-order valence-electron chi connectivity index (χ1n) is 9.08. The highest BCUT2D eigenvalue weighted by molar-refractivity contribution is 6.33. The van der Waals surface area contributed by atoms with Crippen LogP contribution in [0.15, 0.2) is 48.5 Å². The largest absolute Gasteiger partial charge is 0.378 e. The number of hydrogen-bond donors (Lipinski definition) is 1. The number of carbonyl (C=O) groups is 2. The molecule has 0 spiro atoms. The Bertz CT molecular complexity index is 812. The molecule has 0 atom stereocenters. The van der Waals surface area contributed by atoms with Crippen molar-refractivity contribution in [3.63, 3.8) is 0 Å². The topological polar surface area (TPSA) is 52.7 Å². The molecule has 1 aliphatic heterocycles. The quantitative estimate of drug-likeness (QED) is 0.877. The Labute approximate surface area is 164 Å². The molecule has 0 unspecified atom stereocenters. The third-order valence-electron chi connectivity index (χ3n) is 4.87. The number of anilines is 1. The van der Waals surface area contributed by atoms with Crippen molar-refractivity contribution in [2.24, 2.45) is 0 Å². The van der Waals surface area contributed by atoms with Gasteiger partial charge in [-0.25, -0.2) is 0 Å². The van der Waals surface area contributed by atoms with Gasteiger partial charge in [-0.1, -0.05) is 23.7 Å². The van der Waals surface area contributed by atoms with E-state index in [4.69, 9.17) is 11.6 Å². The van der Waals surface area contributed by atoms with Crippen molar-refractivity contribution in [2.75, 3.05) is 32.1 Å². The molecule has 1 fully saturated rings. The standard InChI is InChI=1S/C21H24ClN3O2/c1-24(2)17-9-7-15(8-10-17)20(26)23-16-11-13-25(14-12-16)21(27)18-5-3-4-6-19(18)22/h3-10,16H,11-14H2,1-2H3,(H,23,26). The molecule has 1 heterocycles. The summed E-state index contributed by atoms with van der Waals surface area (Å²) in [5.74, 6) is -0.124. The van der Waals surface area contributed by atoms with Gasteiger partial charge in [-0.05, 0) is 49.2 Å². The van der Waals surface area contributed by atoms with Crippen LogP contribution in [0.25, 0.3) is 0 Å². The molecule has 1 saturated heterocycles. The van der Waals surface area contributed by atoms with Crippen LogP contribution in [0.3, 0.4) is 0 Å².